The molecule has 1 saturated carbocycles. The minimum Gasteiger partial charge on any atom is -0.374 e. The van der Waals surface area contributed by atoms with E-state index in [0.717, 1.165) is 23.8 Å². The van der Waals surface area contributed by atoms with Gasteiger partial charge in [0.2, 0.25) is 0 Å². The van der Waals surface area contributed by atoms with Crippen molar-refractivity contribution in [2.75, 3.05) is 0 Å². The van der Waals surface area contributed by atoms with Gasteiger partial charge in [-0.1, -0.05) is 37.3 Å². The lowest BCUT2D eigenvalue weighted by molar-refractivity contribution is 0.0797. The van der Waals surface area contributed by atoms with Gasteiger partial charge in [-0.2, -0.15) is 0 Å². The monoisotopic (exact) mass is 336 g/mol. The van der Waals surface area contributed by atoms with E-state index in [2.05, 4.69) is 25.1 Å². The molecule has 2 heteroatoms. The Bertz CT molecular complexity index is 763. The number of aryl methyl sites for hydroxylation is 1. The molecule has 4 atom stereocenters. The Kier molecular flexibility index (Phi) is 3.71. The molecule has 130 valence electrons. The second kappa shape index (κ2) is 5.95. The van der Waals surface area contributed by atoms with Crippen molar-refractivity contribution in [3.8, 4) is 11.1 Å². The highest BCUT2D eigenvalue weighted by Crippen LogP contribution is 2.56. The standard InChI is InChI=1S/C23H25FO/c1-2-14-11-16(15-3-6-18(24)7-4-15)5-8-19(14)17-12-20-21(13-17)23-10-9-22(20)25-23/h3-8,11,17,20-23H,2,9-10,12-13H2,1H3. The van der Waals surface area contributed by atoms with Gasteiger partial charge in [0.15, 0.2) is 0 Å². The summed E-state index contributed by atoms with van der Waals surface area (Å²) in [6.07, 6.45) is 7.31. The van der Waals surface area contributed by atoms with E-state index in [9.17, 15) is 4.39 Å². The van der Waals surface area contributed by atoms with Crippen molar-refractivity contribution in [1.82, 2.24) is 0 Å². The molecule has 1 nitrogen and oxygen atoms in total. The quantitative estimate of drug-likeness (QED) is 0.696. The van der Waals surface area contributed by atoms with Crippen LogP contribution in [0.15, 0.2) is 42.5 Å². The fraction of sp³-hybridized carbons (Fsp3) is 0.478. The maximum atomic E-state index is 13.2. The van der Waals surface area contributed by atoms with Crippen LogP contribution in [0.4, 0.5) is 4.39 Å². The molecule has 4 unspecified atom stereocenters. The molecule has 1 aliphatic carbocycles. The second-order valence-corrected chi connectivity index (χ2v) is 8.06. The highest BCUT2D eigenvalue weighted by atomic mass is 19.1. The molecule has 3 aliphatic rings. The average molecular weight is 336 g/mol. The van der Waals surface area contributed by atoms with Gasteiger partial charge < -0.3 is 4.74 Å². The van der Waals surface area contributed by atoms with Gasteiger partial charge in [0.1, 0.15) is 5.82 Å². The van der Waals surface area contributed by atoms with Crippen LogP contribution in [-0.4, -0.2) is 12.2 Å². The van der Waals surface area contributed by atoms with E-state index in [-0.39, 0.29) is 5.82 Å². The molecular formula is C23H25FO. The normalized spacial score (nSPS) is 33.0. The first-order chi connectivity index (χ1) is 12.2. The Balaban J connectivity index is 1.43. The van der Waals surface area contributed by atoms with Crippen molar-refractivity contribution in [2.45, 2.75) is 57.2 Å². The molecule has 0 radical (unpaired) electrons. The summed E-state index contributed by atoms with van der Waals surface area (Å²) in [7, 11) is 0. The third-order valence-corrected chi connectivity index (χ3v) is 6.84. The first kappa shape index (κ1) is 15.6. The second-order valence-electron chi connectivity index (χ2n) is 8.06. The van der Waals surface area contributed by atoms with E-state index in [1.807, 2.05) is 12.1 Å². The summed E-state index contributed by atoms with van der Waals surface area (Å²) < 4.78 is 19.3. The van der Waals surface area contributed by atoms with Crippen molar-refractivity contribution in [1.29, 1.82) is 0 Å². The summed E-state index contributed by atoms with van der Waals surface area (Å²) in [4.78, 5) is 0. The van der Waals surface area contributed by atoms with Gasteiger partial charge in [-0.25, -0.2) is 4.39 Å². The van der Waals surface area contributed by atoms with E-state index >= 15 is 0 Å². The largest absolute Gasteiger partial charge is 0.374 e. The summed E-state index contributed by atoms with van der Waals surface area (Å²) in [6.45, 7) is 2.25. The lowest BCUT2D eigenvalue weighted by Gasteiger charge is -2.19. The van der Waals surface area contributed by atoms with Crippen molar-refractivity contribution in [3.63, 3.8) is 0 Å². The van der Waals surface area contributed by atoms with Crippen molar-refractivity contribution >= 4 is 0 Å². The summed E-state index contributed by atoms with van der Waals surface area (Å²) in [6, 6.07) is 13.7. The van der Waals surface area contributed by atoms with Crippen LogP contribution in [0.2, 0.25) is 0 Å². The maximum Gasteiger partial charge on any atom is 0.123 e. The van der Waals surface area contributed by atoms with E-state index in [1.165, 1.54) is 36.8 Å². The lowest BCUT2D eigenvalue weighted by atomic mass is 9.82. The fourth-order valence-electron chi connectivity index (χ4n) is 5.66. The SMILES string of the molecule is CCc1cc(-c2ccc(F)cc2)ccc1C1CC2C3CCC(O3)C2C1. The molecule has 2 aromatic rings. The molecule has 0 spiro atoms. The van der Waals surface area contributed by atoms with Crippen LogP contribution in [0.5, 0.6) is 0 Å². The van der Waals surface area contributed by atoms with Crippen molar-refractivity contribution in [2.24, 2.45) is 11.8 Å². The van der Waals surface area contributed by atoms with E-state index in [0.29, 0.717) is 18.1 Å². The number of benzene rings is 2. The Labute approximate surface area is 149 Å². The molecule has 3 fully saturated rings. The molecule has 2 bridgehead atoms. The first-order valence-electron chi connectivity index (χ1n) is 9.77. The number of halogens is 1. The number of fused-ring (bicyclic) bond motifs is 5. The summed E-state index contributed by atoms with van der Waals surface area (Å²) in [5.41, 5.74) is 5.29. The van der Waals surface area contributed by atoms with Gasteiger partial charge in [-0.3, -0.25) is 0 Å². The number of hydrogen-bond acceptors (Lipinski definition) is 1. The van der Waals surface area contributed by atoms with Crippen LogP contribution in [0.3, 0.4) is 0 Å². The Morgan fingerprint density at radius 2 is 1.56 bits per heavy atom. The molecular weight excluding hydrogens is 311 g/mol. The number of ether oxygens (including phenoxy) is 1. The van der Waals surface area contributed by atoms with Gasteiger partial charge in [0.05, 0.1) is 12.2 Å². The summed E-state index contributed by atoms with van der Waals surface area (Å²) >= 11 is 0. The van der Waals surface area contributed by atoms with Gasteiger partial charge in [-0.15, -0.1) is 0 Å². The molecule has 2 heterocycles. The van der Waals surface area contributed by atoms with E-state index in [1.54, 1.807) is 17.7 Å². The molecule has 0 amide bonds. The van der Waals surface area contributed by atoms with Gasteiger partial charge in [0, 0.05) is 0 Å². The Morgan fingerprint density at radius 3 is 2.20 bits per heavy atom. The third kappa shape index (κ3) is 2.54. The molecule has 5 rings (SSSR count). The van der Waals surface area contributed by atoms with Crippen LogP contribution in [-0.2, 0) is 11.2 Å². The Morgan fingerprint density at radius 1 is 0.920 bits per heavy atom. The number of hydrogen-bond donors (Lipinski definition) is 0. The lowest BCUT2D eigenvalue weighted by Crippen LogP contribution is -2.21. The molecule has 2 aromatic carbocycles. The smallest absolute Gasteiger partial charge is 0.123 e. The van der Waals surface area contributed by atoms with Crippen LogP contribution in [0.1, 0.15) is 49.7 Å². The van der Waals surface area contributed by atoms with Crippen LogP contribution in [0.25, 0.3) is 11.1 Å². The van der Waals surface area contributed by atoms with Gasteiger partial charge in [0.25, 0.3) is 0 Å². The minimum absolute atomic E-state index is 0.176. The predicted octanol–water partition coefficient (Wildman–Crippen LogP) is 5.73. The highest BCUT2D eigenvalue weighted by molar-refractivity contribution is 5.65. The first-order valence-corrected chi connectivity index (χ1v) is 9.77. The van der Waals surface area contributed by atoms with Crippen molar-refractivity contribution in [3.05, 3.63) is 59.4 Å². The van der Waals surface area contributed by atoms with Crippen LogP contribution < -0.4 is 0 Å². The molecule has 0 aromatic heterocycles. The third-order valence-electron chi connectivity index (χ3n) is 6.84. The van der Waals surface area contributed by atoms with Crippen LogP contribution in [0, 0.1) is 17.7 Å². The number of rotatable bonds is 3. The molecule has 0 N–H and O–H groups in total. The zero-order valence-electron chi connectivity index (χ0n) is 14.7. The minimum atomic E-state index is -0.176. The predicted molar refractivity (Wildman–Crippen MR) is 98.1 cm³/mol. The van der Waals surface area contributed by atoms with Crippen molar-refractivity contribution < 1.29 is 9.13 Å². The topological polar surface area (TPSA) is 9.23 Å². The Hall–Kier alpha value is -1.67. The average Bonchev–Trinajstić information content (AvgIpc) is 3.35. The van der Waals surface area contributed by atoms with E-state index in [4.69, 9.17) is 4.74 Å². The summed E-state index contributed by atoms with van der Waals surface area (Å²) in [5.74, 6) is 2.11. The molecule has 2 saturated heterocycles. The van der Waals surface area contributed by atoms with Gasteiger partial charge >= 0.3 is 0 Å². The van der Waals surface area contributed by atoms with E-state index < -0.39 is 0 Å². The zero-order valence-corrected chi connectivity index (χ0v) is 14.7. The molecule has 25 heavy (non-hydrogen) atoms. The summed E-state index contributed by atoms with van der Waals surface area (Å²) in [5, 5.41) is 0. The maximum absolute atomic E-state index is 13.2. The van der Waals surface area contributed by atoms with Gasteiger partial charge in [-0.05, 0) is 84.2 Å². The zero-order chi connectivity index (χ0) is 17.0. The highest BCUT2D eigenvalue weighted by Gasteiger charge is 2.53. The fourth-order valence-corrected chi connectivity index (χ4v) is 5.66. The van der Waals surface area contributed by atoms with Crippen LogP contribution >= 0.6 is 0 Å². The molecule has 2 aliphatic heterocycles.